The third kappa shape index (κ3) is 3.37. The predicted octanol–water partition coefficient (Wildman–Crippen LogP) is 3.02. The third-order valence-electron chi connectivity index (χ3n) is 6.39. The summed E-state index contributed by atoms with van der Waals surface area (Å²) in [6.45, 7) is 1.68. The van der Waals surface area contributed by atoms with Gasteiger partial charge in [0.1, 0.15) is 5.82 Å². The Morgan fingerprint density at radius 2 is 1.85 bits per heavy atom. The van der Waals surface area contributed by atoms with Crippen LogP contribution in [0.5, 0.6) is 0 Å². The van der Waals surface area contributed by atoms with E-state index in [0.717, 1.165) is 26.4 Å². The summed E-state index contributed by atoms with van der Waals surface area (Å²) in [5.41, 5.74) is 3.94. The van der Waals surface area contributed by atoms with E-state index in [-0.39, 0.29) is 11.6 Å². The molecule has 1 amide bonds. The Kier molecular flexibility index (Phi) is 4.91. The number of nitrogens with zero attached hydrogens (tertiary/aromatic N) is 3. The van der Waals surface area contributed by atoms with Crippen molar-refractivity contribution in [1.29, 1.82) is 0 Å². The molecule has 1 aromatic heterocycles. The number of benzene rings is 2. The van der Waals surface area contributed by atoms with Gasteiger partial charge in [-0.3, -0.25) is 4.79 Å². The minimum Gasteiger partial charge on any atom is -0.381 e. The molecule has 1 unspecified atom stereocenters. The lowest BCUT2D eigenvalue weighted by molar-refractivity contribution is -0.0492. The second-order valence-corrected chi connectivity index (χ2v) is 10.2. The smallest absolute Gasteiger partial charge is 0.288 e. The Labute approximate surface area is 195 Å². The number of hydrogen-bond donors (Lipinski definition) is 0. The largest absolute Gasteiger partial charge is 0.381 e. The lowest BCUT2D eigenvalue weighted by Crippen LogP contribution is -2.49. The Bertz CT molecular complexity index is 1430. The average molecular weight is 482 g/mol. The van der Waals surface area contributed by atoms with Crippen molar-refractivity contribution in [3.8, 4) is 16.9 Å². The summed E-state index contributed by atoms with van der Waals surface area (Å²) in [5, 5.41) is 5.56. The van der Waals surface area contributed by atoms with Gasteiger partial charge in [0.2, 0.25) is 0 Å². The molecule has 34 heavy (non-hydrogen) atoms. The van der Waals surface area contributed by atoms with E-state index in [1.807, 2.05) is 18.2 Å². The summed E-state index contributed by atoms with van der Waals surface area (Å²) < 4.78 is 52.3. The Balaban J connectivity index is 1.48. The van der Waals surface area contributed by atoms with E-state index < -0.39 is 27.8 Å². The van der Waals surface area contributed by atoms with Crippen LogP contribution in [-0.2, 0) is 32.7 Å². The Morgan fingerprint density at radius 1 is 1.06 bits per heavy atom. The topological polar surface area (TPSA) is 90.7 Å². The van der Waals surface area contributed by atoms with Gasteiger partial charge in [-0.1, -0.05) is 18.2 Å². The molecular formula is C24H20FN3O5S. The maximum atomic E-state index is 13.6. The van der Waals surface area contributed by atoms with Crippen LogP contribution in [0.15, 0.2) is 60.0 Å². The highest BCUT2D eigenvalue weighted by Crippen LogP contribution is 2.35. The SMILES string of the molecule is O=C(c1cc(-c2cccc3c2COC3)n(-c2ccc(F)cc2)n1)N1C(C2COC2)C=CS1(=O)=O. The van der Waals surface area contributed by atoms with Crippen LogP contribution in [0.4, 0.5) is 4.39 Å². The second kappa shape index (κ2) is 7.86. The molecule has 1 fully saturated rings. The first kappa shape index (κ1) is 21.2. The maximum Gasteiger partial charge on any atom is 0.288 e. The van der Waals surface area contributed by atoms with Crippen molar-refractivity contribution in [2.75, 3.05) is 13.2 Å². The molecule has 1 atom stereocenters. The molecule has 0 radical (unpaired) electrons. The second-order valence-electron chi connectivity index (χ2n) is 8.50. The van der Waals surface area contributed by atoms with Crippen LogP contribution in [0.1, 0.15) is 21.6 Å². The molecule has 0 bridgehead atoms. The highest BCUT2D eigenvalue weighted by Gasteiger charge is 2.44. The minimum absolute atomic E-state index is 0.0200. The molecule has 8 nitrogen and oxygen atoms in total. The van der Waals surface area contributed by atoms with Crippen LogP contribution in [0.25, 0.3) is 16.9 Å². The number of carbonyl (C=O) groups is 1. The van der Waals surface area contributed by atoms with Crippen LogP contribution in [-0.4, -0.2) is 47.7 Å². The van der Waals surface area contributed by atoms with E-state index in [4.69, 9.17) is 9.47 Å². The van der Waals surface area contributed by atoms with Crippen molar-refractivity contribution < 1.29 is 27.1 Å². The Hall–Kier alpha value is -3.34. The van der Waals surface area contributed by atoms with Crippen molar-refractivity contribution in [2.45, 2.75) is 19.3 Å². The zero-order valence-electron chi connectivity index (χ0n) is 17.9. The van der Waals surface area contributed by atoms with Crippen LogP contribution >= 0.6 is 0 Å². The molecular weight excluding hydrogens is 461 g/mol. The van der Waals surface area contributed by atoms with Crippen molar-refractivity contribution in [2.24, 2.45) is 5.92 Å². The summed E-state index contributed by atoms with van der Waals surface area (Å²) >= 11 is 0. The molecule has 1 saturated heterocycles. The number of rotatable bonds is 4. The number of halogens is 1. The number of aromatic nitrogens is 2. The number of fused-ring (bicyclic) bond motifs is 1. The van der Waals surface area contributed by atoms with Gasteiger partial charge in [-0.2, -0.15) is 5.10 Å². The van der Waals surface area contributed by atoms with E-state index in [9.17, 15) is 17.6 Å². The van der Waals surface area contributed by atoms with Gasteiger partial charge in [0, 0.05) is 16.9 Å². The molecule has 174 valence electrons. The molecule has 3 aliphatic heterocycles. The van der Waals surface area contributed by atoms with Crippen LogP contribution in [0, 0.1) is 11.7 Å². The standard InChI is InChI=1S/C24H20FN3O5S/c25-17-4-6-18(7-5-17)27-23(19-3-1-2-15-11-33-14-20(15)19)10-21(26-27)24(29)28-22(16-12-32-13-16)8-9-34(28,30)31/h1-10,16,22H,11-14H2. The van der Waals surface area contributed by atoms with Gasteiger partial charge in [0.15, 0.2) is 5.69 Å². The fourth-order valence-electron chi connectivity index (χ4n) is 4.56. The fraction of sp³-hybridized carbons (Fsp3) is 0.250. The van der Waals surface area contributed by atoms with Crippen molar-refractivity contribution in [1.82, 2.24) is 14.1 Å². The van der Waals surface area contributed by atoms with Gasteiger partial charge < -0.3 is 9.47 Å². The molecule has 10 heteroatoms. The highest BCUT2D eigenvalue weighted by atomic mass is 32.2. The molecule has 0 aliphatic carbocycles. The molecule has 6 rings (SSSR count). The number of carbonyl (C=O) groups excluding carboxylic acids is 1. The van der Waals surface area contributed by atoms with Gasteiger partial charge in [-0.05, 0) is 47.5 Å². The fourth-order valence-corrected chi connectivity index (χ4v) is 5.95. The summed E-state index contributed by atoms with van der Waals surface area (Å²) in [6, 6.07) is 12.5. The zero-order chi connectivity index (χ0) is 23.4. The van der Waals surface area contributed by atoms with E-state index in [1.54, 1.807) is 18.2 Å². The summed E-state index contributed by atoms with van der Waals surface area (Å²) in [4.78, 5) is 13.5. The molecule has 2 aromatic carbocycles. The van der Waals surface area contributed by atoms with E-state index in [0.29, 0.717) is 37.8 Å². The molecule has 0 spiro atoms. The highest BCUT2D eigenvalue weighted by molar-refractivity contribution is 7.92. The quantitative estimate of drug-likeness (QED) is 0.569. The predicted molar refractivity (Wildman–Crippen MR) is 120 cm³/mol. The number of sulfonamides is 1. The van der Waals surface area contributed by atoms with E-state index in [1.165, 1.54) is 22.9 Å². The van der Waals surface area contributed by atoms with Crippen LogP contribution in [0.2, 0.25) is 0 Å². The summed E-state index contributed by atoms with van der Waals surface area (Å²) in [7, 11) is -3.92. The zero-order valence-corrected chi connectivity index (χ0v) is 18.7. The van der Waals surface area contributed by atoms with Crippen molar-refractivity contribution >= 4 is 15.9 Å². The van der Waals surface area contributed by atoms with Gasteiger partial charge in [-0.15, -0.1) is 0 Å². The van der Waals surface area contributed by atoms with E-state index in [2.05, 4.69) is 5.10 Å². The summed E-state index contributed by atoms with van der Waals surface area (Å²) in [5.74, 6) is -1.21. The number of hydrogen-bond acceptors (Lipinski definition) is 6. The number of ether oxygens (including phenoxy) is 2. The lowest BCUT2D eigenvalue weighted by atomic mass is 9.98. The summed E-state index contributed by atoms with van der Waals surface area (Å²) in [6.07, 6.45) is 1.53. The molecule has 3 aliphatic rings. The molecule has 0 saturated carbocycles. The van der Waals surface area contributed by atoms with Crippen LogP contribution in [0.3, 0.4) is 0 Å². The third-order valence-corrected chi connectivity index (χ3v) is 7.85. The lowest BCUT2D eigenvalue weighted by Gasteiger charge is -2.34. The van der Waals surface area contributed by atoms with Crippen molar-refractivity contribution in [3.05, 3.63) is 82.7 Å². The maximum absolute atomic E-state index is 13.6. The Morgan fingerprint density at radius 3 is 2.59 bits per heavy atom. The van der Waals surface area contributed by atoms with E-state index >= 15 is 0 Å². The van der Waals surface area contributed by atoms with Crippen LogP contribution < -0.4 is 0 Å². The van der Waals surface area contributed by atoms with Gasteiger partial charge in [-0.25, -0.2) is 21.8 Å². The first-order valence-corrected chi connectivity index (χ1v) is 12.3. The van der Waals surface area contributed by atoms with Gasteiger partial charge >= 0.3 is 0 Å². The molecule has 0 N–H and O–H groups in total. The van der Waals surface area contributed by atoms with Gasteiger partial charge in [0.25, 0.3) is 15.9 Å². The van der Waals surface area contributed by atoms with Gasteiger partial charge in [0.05, 0.1) is 43.9 Å². The normalized spacial score (nSPS) is 21.0. The number of amides is 1. The minimum atomic E-state index is -3.92. The van der Waals surface area contributed by atoms with Crippen molar-refractivity contribution in [3.63, 3.8) is 0 Å². The average Bonchev–Trinajstić information content (AvgIpc) is 3.50. The monoisotopic (exact) mass is 481 g/mol. The molecule has 4 heterocycles. The molecule has 3 aromatic rings. The first-order chi connectivity index (χ1) is 16.4. The first-order valence-electron chi connectivity index (χ1n) is 10.8.